The topological polar surface area (TPSA) is 91.2 Å². The summed E-state index contributed by atoms with van der Waals surface area (Å²) in [5.41, 5.74) is 2.11. The number of hydrogen-bond acceptors (Lipinski definition) is 5. The summed E-state index contributed by atoms with van der Waals surface area (Å²) in [4.78, 5) is 28.0. The first-order valence-electron chi connectivity index (χ1n) is 8.70. The summed E-state index contributed by atoms with van der Waals surface area (Å²) in [6, 6.07) is 10.2. The molecular weight excluding hydrogens is 346 g/mol. The molecule has 0 N–H and O–H groups in total. The number of fused-ring (bicyclic) bond motifs is 2. The van der Waals surface area contributed by atoms with Crippen LogP contribution in [0, 0.1) is 10.1 Å². The number of non-ortho nitro benzene ring substituents is 1. The Bertz CT molecular complexity index is 1300. The highest BCUT2D eigenvalue weighted by molar-refractivity contribution is 6.03. The SMILES string of the molecule is Cn1cc(-c2cc([N+](=O)[O-])cc3nc(C4CC4)oc23)c2ccccc2c1=O. The second-order valence-electron chi connectivity index (χ2n) is 6.93. The second-order valence-corrected chi connectivity index (χ2v) is 6.93. The van der Waals surface area contributed by atoms with Crippen molar-refractivity contribution in [2.45, 2.75) is 18.8 Å². The second kappa shape index (κ2) is 5.51. The Morgan fingerprint density at radius 3 is 2.63 bits per heavy atom. The number of nitrogens with zero attached hydrogens (tertiary/aromatic N) is 3. The lowest BCUT2D eigenvalue weighted by Gasteiger charge is -2.10. The minimum absolute atomic E-state index is 0.0499. The molecule has 2 heterocycles. The molecule has 0 saturated heterocycles. The molecule has 27 heavy (non-hydrogen) atoms. The molecule has 1 fully saturated rings. The zero-order chi connectivity index (χ0) is 18.7. The molecule has 1 aliphatic rings. The number of aryl methyl sites for hydroxylation is 1. The van der Waals surface area contributed by atoms with E-state index in [9.17, 15) is 14.9 Å². The number of nitro groups is 1. The van der Waals surface area contributed by atoms with Gasteiger partial charge in [0.15, 0.2) is 11.5 Å². The molecule has 1 saturated carbocycles. The quantitative estimate of drug-likeness (QED) is 0.404. The van der Waals surface area contributed by atoms with E-state index < -0.39 is 4.92 Å². The molecule has 134 valence electrons. The smallest absolute Gasteiger partial charge is 0.272 e. The molecule has 0 radical (unpaired) electrons. The lowest BCUT2D eigenvalue weighted by atomic mass is 9.99. The highest BCUT2D eigenvalue weighted by atomic mass is 16.6. The van der Waals surface area contributed by atoms with Gasteiger partial charge in [0.25, 0.3) is 11.2 Å². The monoisotopic (exact) mass is 361 g/mol. The maximum atomic E-state index is 12.5. The predicted molar refractivity (Wildman–Crippen MR) is 101 cm³/mol. The summed E-state index contributed by atoms with van der Waals surface area (Å²) in [6.45, 7) is 0. The highest BCUT2D eigenvalue weighted by Crippen LogP contribution is 2.43. The molecule has 2 aromatic heterocycles. The zero-order valence-electron chi connectivity index (χ0n) is 14.5. The van der Waals surface area contributed by atoms with Crippen LogP contribution in [0.3, 0.4) is 0 Å². The average molecular weight is 361 g/mol. The van der Waals surface area contributed by atoms with E-state index in [4.69, 9.17) is 4.42 Å². The van der Waals surface area contributed by atoms with Crippen molar-refractivity contribution in [2.24, 2.45) is 7.05 Å². The molecule has 0 atom stereocenters. The van der Waals surface area contributed by atoms with E-state index in [1.54, 1.807) is 25.4 Å². The summed E-state index contributed by atoms with van der Waals surface area (Å²) in [7, 11) is 1.67. The lowest BCUT2D eigenvalue weighted by molar-refractivity contribution is -0.384. The summed E-state index contributed by atoms with van der Waals surface area (Å²) < 4.78 is 7.50. The molecule has 2 aromatic carbocycles. The van der Waals surface area contributed by atoms with Crippen molar-refractivity contribution >= 4 is 27.6 Å². The number of hydrogen-bond donors (Lipinski definition) is 0. The number of aromatic nitrogens is 2. The van der Waals surface area contributed by atoms with Crippen molar-refractivity contribution in [3.8, 4) is 11.1 Å². The van der Waals surface area contributed by atoms with Crippen molar-refractivity contribution in [2.75, 3.05) is 0 Å². The maximum Gasteiger partial charge on any atom is 0.272 e. The van der Waals surface area contributed by atoms with E-state index in [-0.39, 0.29) is 11.2 Å². The summed E-state index contributed by atoms with van der Waals surface area (Å²) in [5, 5.41) is 12.7. The molecule has 0 amide bonds. The predicted octanol–water partition coefficient (Wildman–Crippen LogP) is 4.13. The van der Waals surface area contributed by atoms with Crippen LogP contribution in [0.5, 0.6) is 0 Å². The van der Waals surface area contributed by atoms with Crippen LogP contribution >= 0.6 is 0 Å². The van der Waals surface area contributed by atoms with Crippen LogP contribution in [0.15, 0.2) is 51.8 Å². The van der Waals surface area contributed by atoms with Crippen molar-refractivity contribution in [1.82, 2.24) is 9.55 Å². The van der Waals surface area contributed by atoms with Crippen LogP contribution in [-0.2, 0) is 7.05 Å². The Morgan fingerprint density at radius 2 is 1.93 bits per heavy atom. The summed E-state index contributed by atoms with van der Waals surface area (Å²) in [6.07, 6.45) is 3.74. The fraction of sp³-hybridized carbons (Fsp3) is 0.200. The van der Waals surface area contributed by atoms with Gasteiger partial charge in [-0.2, -0.15) is 0 Å². The molecule has 0 bridgehead atoms. The van der Waals surface area contributed by atoms with Gasteiger partial charge in [0.1, 0.15) is 5.52 Å². The van der Waals surface area contributed by atoms with Gasteiger partial charge in [0.05, 0.1) is 4.92 Å². The fourth-order valence-electron chi connectivity index (χ4n) is 3.48. The third kappa shape index (κ3) is 2.43. The van der Waals surface area contributed by atoms with E-state index >= 15 is 0 Å². The van der Waals surface area contributed by atoms with Crippen molar-refractivity contribution in [3.63, 3.8) is 0 Å². The number of rotatable bonds is 3. The van der Waals surface area contributed by atoms with Gasteiger partial charge < -0.3 is 8.98 Å². The highest BCUT2D eigenvalue weighted by Gasteiger charge is 2.30. The lowest BCUT2D eigenvalue weighted by Crippen LogP contribution is -2.16. The number of benzene rings is 2. The maximum absolute atomic E-state index is 12.5. The Morgan fingerprint density at radius 1 is 1.19 bits per heavy atom. The molecule has 0 unspecified atom stereocenters. The van der Waals surface area contributed by atoms with Crippen LogP contribution in [0.4, 0.5) is 5.69 Å². The average Bonchev–Trinajstić information content (AvgIpc) is 3.43. The standard InChI is InChI=1S/C20H15N3O4/c1-22-10-16(13-4-2-3-5-14(13)20(22)24)15-8-12(23(25)26)9-17-18(15)27-19(21-17)11-6-7-11/h2-5,8-11H,6-7H2,1H3. The molecule has 4 aromatic rings. The molecular formula is C20H15N3O4. The van der Waals surface area contributed by atoms with Crippen LogP contribution in [0.1, 0.15) is 24.7 Å². The van der Waals surface area contributed by atoms with Crippen LogP contribution in [0.2, 0.25) is 0 Å². The summed E-state index contributed by atoms with van der Waals surface area (Å²) in [5.74, 6) is 0.919. The van der Waals surface area contributed by atoms with Crippen molar-refractivity contribution in [3.05, 3.63) is 69.0 Å². The minimum atomic E-state index is -0.432. The van der Waals surface area contributed by atoms with Crippen molar-refractivity contribution in [1.29, 1.82) is 0 Å². The minimum Gasteiger partial charge on any atom is -0.440 e. The molecule has 5 rings (SSSR count). The largest absolute Gasteiger partial charge is 0.440 e. The van der Waals surface area contributed by atoms with E-state index in [1.807, 2.05) is 12.1 Å². The first kappa shape index (κ1) is 15.7. The molecule has 0 spiro atoms. The Hall–Kier alpha value is -3.48. The van der Waals surface area contributed by atoms with E-state index in [0.29, 0.717) is 39.4 Å². The zero-order valence-corrected chi connectivity index (χ0v) is 14.5. The number of pyridine rings is 1. The van der Waals surface area contributed by atoms with Gasteiger partial charge in [-0.25, -0.2) is 4.98 Å². The third-order valence-electron chi connectivity index (χ3n) is 5.01. The first-order chi connectivity index (χ1) is 13.0. The van der Waals surface area contributed by atoms with Gasteiger partial charge in [-0.1, -0.05) is 18.2 Å². The van der Waals surface area contributed by atoms with Gasteiger partial charge >= 0.3 is 0 Å². The van der Waals surface area contributed by atoms with E-state index in [2.05, 4.69) is 4.98 Å². The Kier molecular flexibility index (Phi) is 3.21. The third-order valence-corrected chi connectivity index (χ3v) is 5.01. The Balaban J connectivity index is 1.90. The van der Waals surface area contributed by atoms with Gasteiger partial charge in [-0.15, -0.1) is 0 Å². The van der Waals surface area contributed by atoms with Gasteiger partial charge in [0, 0.05) is 47.8 Å². The van der Waals surface area contributed by atoms with Gasteiger partial charge in [-0.3, -0.25) is 14.9 Å². The number of nitro benzene ring substituents is 1. The molecule has 7 nitrogen and oxygen atoms in total. The first-order valence-corrected chi connectivity index (χ1v) is 8.70. The van der Waals surface area contributed by atoms with E-state index in [0.717, 1.165) is 18.2 Å². The fourth-order valence-corrected chi connectivity index (χ4v) is 3.48. The number of oxazole rings is 1. The van der Waals surface area contributed by atoms with Crippen molar-refractivity contribution < 1.29 is 9.34 Å². The van der Waals surface area contributed by atoms with Crippen LogP contribution in [0.25, 0.3) is 33.0 Å². The molecule has 7 heteroatoms. The van der Waals surface area contributed by atoms with Crippen LogP contribution < -0.4 is 5.56 Å². The van der Waals surface area contributed by atoms with Gasteiger partial charge in [-0.05, 0) is 24.3 Å². The van der Waals surface area contributed by atoms with Crippen LogP contribution in [-0.4, -0.2) is 14.5 Å². The van der Waals surface area contributed by atoms with Gasteiger partial charge in [0.2, 0.25) is 0 Å². The molecule has 0 aliphatic heterocycles. The Labute approximate surface area is 153 Å². The molecule has 1 aliphatic carbocycles. The normalized spacial score (nSPS) is 14.1. The summed E-state index contributed by atoms with van der Waals surface area (Å²) >= 11 is 0. The van der Waals surface area contributed by atoms with E-state index in [1.165, 1.54) is 16.7 Å².